The third-order valence-electron chi connectivity index (χ3n) is 6.84. The number of nitrogens with zero attached hydrogens (tertiary/aromatic N) is 1. The van der Waals surface area contributed by atoms with Crippen LogP contribution in [0.1, 0.15) is 63.4 Å². The van der Waals surface area contributed by atoms with Crippen LogP contribution in [0.5, 0.6) is 5.75 Å². The number of carbonyl (C=O) groups excluding carboxylic acids is 1. The molecule has 3 fully saturated rings. The molecule has 1 aliphatic carbocycles. The summed E-state index contributed by atoms with van der Waals surface area (Å²) in [7, 11) is 1.65. The molecule has 1 aromatic carbocycles. The first kappa shape index (κ1) is 18.8. The molecule has 2 saturated heterocycles. The lowest BCUT2D eigenvalue weighted by Crippen LogP contribution is -2.53. The first-order valence-corrected chi connectivity index (χ1v) is 10.5. The predicted molar refractivity (Wildman–Crippen MR) is 105 cm³/mol. The molecule has 2 N–H and O–H groups in total. The molecule has 5 heteroatoms. The Kier molecular flexibility index (Phi) is 5.42. The van der Waals surface area contributed by atoms with E-state index < -0.39 is 5.60 Å². The zero-order valence-corrected chi connectivity index (χ0v) is 16.3. The Labute approximate surface area is 162 Å². The van der Waals surface area contributed by atoms with Crippen molar-refractivity contribution in [1.82, 2.24) is 10.2 Å². The summed E-state index contributed by atoms with van der Waals surface area (Å²) in [4.78, 5) is 14.9. The van der Waals surface area contributed by atoms with Crippen LogP contribution in [0.25, 0.3) is 0 Å². The van der Waals surface area contributed by atoms with E-state index in [9.17, 15) is 9.90 Å². The van der Waals surface area contributed by atoms with Crippen molar-refractivity contribution in [2.45, 2.75) is 81.5 Å². The van der Waals surface area contributed by atoms with Gasteiger partial charge in [-0.3, -0.25) is 9.69 Å². The van der Waals surface area contributed by atoms with E-state index in [1.54, 1.807) is 7.11 Å². The first-order valence-electron chi connectivity index (χ1n) is 10.5. The Morgan fingerprint density at radius 1 is 1.11 bits per heavy atom. The molecular formula is C22H32N2O3. The van der Waals surface area contributed by atoms with Gasteiger partial charge in [0.2, 0.25) is 5.91 Å². The van der Waals surface area contributed by atoms with E-state index in [1.807, 2.05) is 24.3 Å². The van der Waals surface area contributed by atoms with Crippen molar-refractivity contribution in [3.05, 3.63) is 29.8 Å². The maximum absolute atomic E-state index is 12.6. The van der Waals surface area contributed by atoms with E-state index in [1.165, 1.54) is 19.3 Å². The quantitative estimate of drug-likeness (QED) is 0.834. The lowest BCUT2D eigenvalue weighted by atomic mass is 9.80. The zero-order chi connectivity index (χ0) is 18.9. The number of nitrogens with one attached hydrogen (secondary N) is 1. The van der Waals surface area contributed by atoms with Crippen LogP contribution in [-0.2, 0) is 10.4 Å². The molecule has 0 spiro atoms. The molecule has 4 rings (SSSR count). The van der Waals surface area contributed by atoms with Crippen LogP contribution in [0.3, 0.4) is 0 Å². The number of ether oxygens (including phenoxy) is 1. The molecule has 0 radical (unpaired) electrons. The van der Waals surface area contributed by atoms with Crippen LogP contribution in [0.4, 0.5) is 0 Å². The van der Waals surface area contributed by atoms with Gasteiger partial charge in [0.05, 0.1) is 19.3 Å². The highest BCUT2D eigenvalue weighted by Crippen LogP contribution is 2.45. The molecule has 1 aromatic rings. The van der Waals surface area contributed by atoms with Gasteiger partial charge in [0, 0.05) is 18.1 Å². The standard InChI is InChI=1S/C22H32N2O3/c1-27-20-11-7-16(8-12-20)22(26)13-18-9-10-19(14-22)24(18)15-21(25)23-17-5-3-2-4-6-17/h7-8,11-12,17-19,26H,2-6,9-10,13-15H2,1H3,(H,23,25). The molecule has 2 aliphatic heterocycles. The third kappa shape index (κ3) is 3.99. The Morgan fingerprint density at radius 2 is 1.74 bits per heavy atom. The van der Waals surface area contributed by atoms with Gasteiger partial charge in [0.1, 0.15) is 5.75 Å². The Balaban J connectivity index is 1.38. The van der Waals surface area contributed by atoms with E-state index in [0.29, 0.717) is 25.4 Å². The van der Waals surface area contributed by atoms with Crippen molar-refractivity contribution in [3.63, 3.8) is 0 Å². The van der Waals surface area contributed by atoms with Crippen LogP contribution >= 0.6 is 0 Å². The number of benzene rings is 1. The van der Waals surface area contributed by atoms with E-state index in [0.717, 1.165) is 37.0 Å². The van der Waals surface area contributed by atoms with Gasteiger partial charge in [-0.25, -0.2) is 0 Å². The largest absolute Gasteiger partial charge is 0.497 e. The fraction of sp³-hybridized carbons (Fsp3) is 0.682. The fourth-order valence-electron chi connectivity index (χ4n) is 5.40. The van der Waals surface area contributed by atoms with Gasteiger partial charge in [-0.15, -0.1) is 0 Å². The van der Waals surface area contributed by atoms with Gasteiger partial charge in [-0.2, -0.15) is 0 Å². The normalized spacial score (nSPS) is 31.6. The van der Waals surface area contributed by atoms with Gasteiger partial charge >= 0.3 is 0 Å². The van der Waals surface area contributed by atoms with Crippen molar-refractivity contribution in [1.29, 1.82) is 0 Å². The minimum absolute atomic E-state index is 0.161. The third-order valence-corrected chi connectivity index (χ3v) is 6.84. The Morgan fingerprint density at radius 3 is 2.33 bits per heavy atom. The van der Waals surface area contributed by atoms with Crippen molar-refractivity contribution >= 4 is 5.91 Å². The minimum atomic E-state index is -0.797. The summed E-state index contributed by atoms with van der Waals surface area (Å²) in [5.74, 6) is 0.968. The van der Waals surface area contributed by atoms with Crippen LogP contribution in [0.2, 0.25) is 0 Å². The minimum Gasteiger partial charge on any atom is -0.497 e. The zero-order valence-electron chi connectivity index (χ0n) is 16.3. The van der Waals surface area contributed by atoms with Crippen molar-refractivity contribution in [2.24, 2.45) is 0 Å². The number of aliphatic hydroxyl groups is 1. The van der Waals surface area contributed by atoms with Gasteiger partial charge in [0.15, 0.2) is 0 Å². The molecule has 2 atom stereocenters. The summed E-state index contributed by atoms with van der Waals surface area (Å²) in [5.41, 5.74) is 0.167. The summed E-state index contributed by atoms with van der Waals surface area (Å²) in [5, 5.41) is 14.6. The highest BCUT2D eigenvalue weighted by Gasteiger charge is 2.48. The molecule has 148 valence electrons. The molecule has 5 nitrogen and oxygen atoms in total. The molecule has 0 aromatic heterocycles. The lowest BCUT2D eigenvalue weighted by molar-refractivity contribution is -0.126. The second kappa shape index (κ2) is 7.80. The molecule has 27 heavy (non-hydrogen) atoms. The average molecular weight is 373 g/mol. The van der Waals surface area contributed by atoms with E-state index in [4.69, 9.17) is 4.74 Å². The van der Waals surface area contributed by atoms with Crippen molar-refractivity contribution in [2.75, 3.05) is 13.7 Å². The number of piperidine rings is 1. The van der Waals surface area contributed by atoms with E-state index in [2.05, 4.69) is 10.2 Å². The second-order valence-corrected chi connectivity index (χ2v) is 8.63. The maximum atomic E-state index is 12.6. The Bertz CT molecular complexity index is 640. The van der Waals surface area contributed by atoms with Gasteiger partial charge in [-0.1, -0.05) is 31.4 Å². The summed E-state index contributed by atoms with van der Waals surface area (Å²) in [6.45, 7) is 0.477. The summed E-state index contributed by atoms with van der Waals surface area (Å²) >= 11 is 0. The monoisotopic (exact) mass is 372 g/mol. The molecular weight excluding hydrogens is 340 g/mol. The number of rotatable bonds is 5. The van der Waals surface area contributed by atoms with Gasteiger partial charge in [0.25, 0.3) is 0 Å². The van der Waals surface area contributed by atoms with Crippen molar-refractivity contribution in [3.8, 4) is 5.75 Å². The molecule has 2 unspecified atom stereocenters. The van der Waals surface area contributed by atoms with Crippen molar-refractivity contribution < 1.29 is 14.6 Å². The second-order valence-electron chi connectivity index (χ2n) is 8.63. The smallest absolute Gasteiger partial charge is 0.234 e. The number of hydrogen-bond acceptors (Lipinski definition) is 4. The SMILES string of the molecule is COc1ccc(C2(O)CC3CCC(C2)N3CC(=O)NC2CCCCC2)cc1. The van der Waals surface area contributed by atoms with Crippen LogP contribution in [0, 0.1) is 0 Å². The first-order chi connectivity index (χ1) is 13.1. The van der Waals surface area contributed by atoms with E-state index in [-0.39, 0.29) is 18.0 Å². The predicted octanol–water partition coefficient (Wildman–Crippen LogP) is 2.96. The number of methoxy groups -OCH3 is 1. The lowest BCUT2D eigenvalue weighted by Gasteiger charge is -2.44. The molecule has 3 aliphatic rings. The number of fused-ring (bicyclic) bond motifs is 2. The molecule has 1 amide bonds. The van der Waals surface area contributed by atoms with Crippen LogP contribution in [0.15, 0.2) is 24.3 Å². The van der Waals surface area contributed by atoms with Crippen LogP contribution in [-0.4, -0.2) is 47.7 Å². The number of amides is 1. The number of hydrogen-bond donors (Lipinski definition) is 2. The summed E-state index contributed by atoms with van der Waals surface area (Å²) < 4.78 is 5.23. The summed E-state index contributed by atoms with van der Waals surface area (Å²) in [6.07, 6.45) is 9.54. The topological polar surface area (TPSA) is 61.8 Å². The highest BCUT2D eigenvalue weighted by molar-refractivity contribution is 5.78. The Hall–Kier alpha value is -1.59. The average Bonchev–Trinajstić information content (AvgIpc) is 2.92. The van der Waals surface area contributed by atoms with Gasteiger partial charge in [-0.05, 0) is 56.2 Å². The molecule has 2 heterocycles. The molecule has 1 saturated carbocycles. The van der Waals surface area contributed by atoms with E-state index >= 15 is 0 Å². The molecule has 2 bridgehead atoms. The number of carbonyl (C=O) groups is 1. The summed E-state index contributed by atoms with van der Waals surface area (Å²) in [6, 6.07) is 8.72. The van der Waals surface area contributed by atoms with Crippen LogP contribution < -0.4 is 10.1 Å². The van der Waals surface area contributed by atoms with Gasteiger partial charge < -0.3 is 15.2 Å². The maximum Gasteiger partial charge on any atom is 0.234 e. The fourth-order valence-corrected chi connectivity index (χ4v) is 5.40. The highest BCUT2D eigenvalue weighted by atomic mass is 16.5.